The van der Waals surface area contributed by atoms with Crippen molar-refractivity contribution in [3.63, 3.8) is 0 Å². The molecule has 0 bridgehead atoms. The van der Waals surface area contributed by atoms with E-state index in [-0.39, 0.29) is 6.01 Å². The molecule has 0 aliphatic heterocycles. The van der Waals surface area contributed by atoms with E-state index in [9.17, 15) is 4.79 Å². The molecule has 0 atom stereocenters. The van der Waals surface area contributed by atoms with Gasteiger partial charge in [0.25, 0.3) is 0 Å². The van der Waals surface area contributed by atoms with Gasteiger partial charge in [-0.1, -0.05) is 47.5 Å². The van der Waals surface area contributed by atoms with Gasteiger partial charge in [-0.25, -0.2) is 4.79 Å². The third kappa shape index (κ3) is 4.43. The Morgan fingerprint density at radius 2 is 1.48 bits per heavy atom. The molecular formula is C20H19Cl2N3O2. The fraction of sp³-hybridized carbons (Fsp3) is 0.200. The Kier molecular flexibility index (Phi) is 6.04. The predicted molar refractivity (Wildman–Crippen MR) is 108 cm³/mol. The van der Waals surface area contributed by atoms with Crippen molar-refractivity contribution in [3.05, 3.63) is 58.6 Å². The number of ether oxygens (including phenoxy) is 1. The summed E-state index contributed by atoms with van der Waals surface area (Å²) in [5.41, 5.74) is 3.13. The number of aromatic amines is 1. The zero-order valence-corrected chi connectivity index (χ0v) is 16.5. The maximum absolute atomic E-state index is 12.3. The molecule has 0 saturated carbocycles. The van der Waals surface area contributed by atoms with Crippen LogP contribution in [-0.2, 0) is 0 Å². The Bertz CT molecular complexity index is 854. The third-order valence-corrected chi connectivity index (χ3v) is 4.64. The number of rotatable bonds is 5. The molecule has 0 aliphatic rings. The summed E-state index contributed by atoms with van der Waals surface area (Å²) in [6.07, 6.45) is -0.445. The number of amides is 1. The summed E-state index contributed by atoms with van der Waals surface area (Å²) < 4.78 is 5.44. The van der Waals surface area contributed by atoms with E-state index in [0.717, 1.165) is 16.8 Å². The molecule has 1 N–H and O–H groups in total. The molecule has 1 amide bonds. The fourth-order valence-electron chi connectivity index (χ4n) is 2.67. The van der Waals surface area contributed by atoms with Crippen molar-refractivity contribution < 1.29 is 9.53 Å². The van der Waals surface area contributed by atoms with E-state index in [1.54, 1.807) is 29.2 Å². The fourth-order valence-corrected chi connectivity index (χ4v) is 2.92. The summed E-state index contributed by atoms with van der Waals surface area (Å²) in [6, 6.07) is 14.8. The molecule has 27 heavy (non-hydrogen) atoms. The van der Waals surface area contributed by atoms with E-state index >= 15 is 0 Å². The molecule has 3 aromatic rings. The van der Waals surface area contributed by atoms with E-state index in [1.165, 1.54) is 0 Å². The lowest BCUT2D eigenvalue weighted by molar-refractivity contribution is 0.154. The van der Waals surface area contributed by atoms with Crippen LogP contribution in [0.25, 0.3) is 22.5 Å². The Morgan fingerprint density at radius 1 is 0.963 bits per heavy atom. The average Bonchev–Trinajstić information content (AvgIpc) is 3.07. The molecule has 2 aromatic carbocycles. The zero-order valence-electron chi connectivity index (χ0n) is 15.0. The van der Waals surface area contributed by atoms with Crippen molar-refractivity contribution >= 4 is 29.3 Å². The van der Waals surface area contributed by atoms with Crippen LogP contribution in [0.5, 0.6) is 6.01 Å². The van der Waals surface area contributed by atoms with Crippen LogP contribution < -0.4 is 4.74 Å². The third-order valence-electron chi connectivity index (χ3n) is 4.14. The lowest BCUT2D eigenvalue weighted by atomic mass is 10.1. The Morgan fingerprint density at radius 3 is 2.00 bits per heavy atom. The van der Waals surface area contributed by atoms with Crippen molar-refractivity contribution in [2.24, 2.45) is 0 Å². The molecule has 0 saturated heterocycles. The Balaban J connectivity index is 2.02. The number of halogens is 2. The standard InChI is InChI=1S/C20H19Cl2N3O2/c1-3-25(4-2)20(26)27-19-23-17(13-5-9-15(21)10-6-13)18(24-19)14-7-11-16(22)12-8-14/h5-12H,3-4H2,1-2H3,(H,23,24). The van der Waals surface area contributed by atoms with Gasteiger partial charge in [-0.2, -0.15) is 4.98 Å². The topological polar surface area (TPSA) is 58.2 Å². The van der Waals surface area contributed by atoms with Crippen molar-refractivity contribution in [3.8, 4) is 28.5 Å². The summed E-state index contributed by atoms with van der Waals surface area (Å²) in [7, 11) is 0. The van der Waals surface area contributed by atoms with E-state index < -0.39 is 6.09 Å². The number of imidazole rings is 1. The number of H-pyrrole nitrogens is 1. The normalized spacial score (nSPS) is 10.7. The number of carbonyl (C=O) groups is 1. The minimum absolute atomic E-state index is 0.141. The van der Waals surface area contributed by atoms with Crippen LogP contribution >= 0.6 is 23.2 Å². The second kappa shape index (κ2) is 8.46. The minimum atomic E-state index is -0.445. The van der Waals surface area contributed by atoms with E-state index in [0.29, 0.717) is 28.8 Å². The monoisotopic (exact) mass is 403 g/mol. The summed E-state index contributed by atoms with van der Waals surface area (Å²) >= 11 is 12.0. The highest BCUT2D eigenvalue weighted by atomic mass is 35.5. The molecule has 3 rings (SSSR count). The second-order valence-corrected chi connectivity index (χ2v) is 6.69. The quantitative estimate of drug-likeness (QED) is 0.577. The lowest BCUT2D eigenvalue weighted by Crippen LogP contribution is -2.33. The van der Waals surface area contributed by atoms with E-state index in [4.69, 9.17) is 27.9 Å². The van der Waals surface area contributed by atoms with Crippen molar-refractivity contribution in [1.82, 2.24) is 14.9 Å². The number of hydrogen-bond acceptors (Lipinski definition) is 3. The maximum atomic E-state index is 12.3. The van der Waals surface area contributed by atoms with E-state index in [2.05, 4.69) is 9.97 Å². The molecule has 0 radical (unpaired) electrons. The molecule has 140 valence electrons. The number of nitrogens with one attached hydrogen (secondary N) is 1. The second-order valence-electron chi connectivity index (χ2n) is 5.82. The average molecular weight is 404 g/mol. The van der Waals surface area contributed by atoms with Crippen molar-refractivity contribution in [1.29, 1.82) is 0 Å². The van der Waals surface area contributed by atoms with Crippen molar-refractivity contribution in [2.75, 3.05) is 13.1 Å². The first-order valence-corrected chi connectivity index (χ1v) is 9.36. The van der Waals surface area contributed by atoms with E-state index in [1.807, 2.05) is 38.1 Å². The number of hydrogen-bond donors (Lipinski definition) is 1. The van der Waals surface area contributed by atoms with Gasteiger partial charge in [-0.05, 0) is 38.1 Å². The van der Waals surface area contributed by atoms with Gasteiger partial charge in [0, 0.05) is 34.3 Å². The van der Waals surface area contributed by atoms with Gasteiger partial charge < -0.3 is 14.6 Å². The lowest BCUT2D eigenvalue weighted by Gasteiger charge is -2.16. The molecule has 5 nitrogen and oxygen atoms in total. The summed E-state index contributed by atoms with van der Waals surface area (Å²) in [6.45, 7) is 4.91. The van der Waals surface area contributed by atoms with Crippen LogP contribution in [0, 0.1) is 0 Å². The number of nitrogens with zero attached hydrogens (tertiary/aromatic N) is 2. The summed E-state index contributed by atoms with van der Waals surface area (Å²) in [4.78, 5) is 21.4. The Hall–Kier alpha value is -2.50. The van der Waals surface area contributed by atoms with Crippen LogP contribution in [0.3, 0.4) is 0 Å². The number of carbonyl (C=O) groups excluding carboxylic acids is 1. The molecule has 0 aliphatic carbocycles. The van der Waals surface area contributed by atoms with Crippen LogP contribution in [0.1, 0.15) is 13.8 Å². The SMILES string of the molecule is CCN(CC)C(=O)Oc1nc(-c2ccc(Cl)cc2)c(-c2ccc(Cl)cc2)[nH]1. The molecule has 0 spiro atoms. The van der Waals surface area contributed by atoms with Crippen LogP contribution in [0.15, 0.2) is 48.5 Å². The highest BCUT2D eigenvalue weighted by Gasteiger charge is 2.19. The highest BCUT2D eigenvalue weighted by Crippen LogP contribution is 2.33. The maximum Gasteiger partial charge on any atom is 0.417 e. The van der Waals surface area contributed by atoms with Gasteiger partial charge in [0.1, 0.15) is 5.69 Å². The smallest absolute Gasteiger partial charge is 0.375 e. The molecule has 0 unspecified atom stereocenters. The first-order valence-electron chi connectivity index (χ1n) is 8.60. The number of aromatic nitrogens is 2. The van der Waals surface area contributed by atoms with Gasteiger partial charge in [0.15, 0.2) is 0 Å². The van der Waals surface area contributed by atoms with Gasteiger partial charge in [0.2, 0.25) is 0 Å². The number of benzene rings is 2. The van der Waals surface area contributed by atoms with Crippen LogP contribution in [0.4, 0.5) is 4.79 Å². The van der Waals surface area contributed by atoms with Crippen LogP contribution in [-0.4, -0.2) is 34.1 Å². The minimum Gasteiger partial charge on any atom is -0.375 e. The summed E-state index contributed by atoms with van der Waals surface area (Å²) in [5, 5.41) is 1.27. The van der Waals surface area contributed by atoms with Crippen molar-refractivity contribution in [2.45, 2.75) is 13.8 Å². The van der Waals surface area contributed by atoms with Gasteiger partial charge in [0.05, 0.1) is 5.69 Å². The molecule has 0 fully saturated rings. The molecule has 1 heterocycles. The predicted octanol–water partition coefficient (Wildman–Crippen LogP) is 5.89. The molecular weight excluding hydrogens is 385 g/mol. The van der Waals surface area contributed by atoms with Gasteiger partial charge >= 0.3 is 12.1 Å². The molecule has 7 heteroatoms. The largest absolute Gasteiger partial charge is 0.417 e. The first kappa shape index (κ1) is 19.3. The van der Waals surface area contributed by atoms with Gasteiger partial charge in [-0.3, -0.25) is 0 Å². The zero-order chi connectivity index (χ0) is 19.4. The Labute approximate surface area is 167 Å². The van der Waals surface area contributed by atoms with Crippen LogP contribution in [0.2, 0.25) is 10.0 Å². The molecule has 1 aromatic heterocycles. The highest BCUT2D eigenvalue weighted by molar-refractivity contribution is 6.31. The van der Waals surface area contributed by atoms with Gasteiger partial charge in [-0.15, -0.1) is 0 Å². The summed E-state index contributed by atoms with van der Waals surface area (Å²) in [5.74, 6) is 0. The first-order chi connectivity index (χ1) is 13.0.